The Morgan fingerprint density at radius 2 is 1.94 bits per heavy atom. The van der Waals surface area contributed by atoms with Gasteiger partial charge in [0.15, 0.2) is 8.32 Å². The number of hydrogen-bond acceptors (Lipinski definition) is 3. The SMILES string of the molecule is Cc1ccccc1OCC(CC#N)O[Si](C)(C)C. The molecule has 98 valence electrons. The Labute approximate surface area is 110 Å². The standard InChI is InChI=1S/C14H21NO2Si/c1-12-7-5-6-8-14(12)16-11-13(9-10-15)17-18(2,3)4/h5-8,13H,9,11H2,1-4H3. The van der Waals surface area contributed by atoms with E-state index in [1.165, 1.54) is 0 Å². The van der Waals surface area contributed by atoms with Crippen molar-refractivity contribution in [1.29, 1.82) is 5.26 Å². The van der Waals surface area contributed by atoms with E-state index in [1.54, 1.807) is 0 Å². The van der Waals surface area contributed by atoms with Gasteiger partial charge in [0.05, 0.1) is 18.6 Å². The summed E-state index contributed by atoms with van der Waals surface area (Å²) in [5, 5.41) is 8.82. The van der Waals surface area contributed by atoms with Gasteiger partial charge in [-0.05, 0) is 38.2 Å². The number of aryl methyl sites for hydroxylation is 1. The number of rotatable bonds is 6. The van der Waals surface area contributed by atoms with Crippen LogP contribution in [0.4, 0.5) is 0 Å². The molecule has 1 aromatic rings. The van der Waals surface area contributed by atoms with Gasteiger partial charge in [-0.25, -0.2) is 0 Å². The Morgan fingerprint density at radius 1 is 1.28 bits per heavy atom. The Balaban J connectivity index is 2.58. The van der Waals surface area contributed by atoms with Crippen molar-refractivity contribution in [1.82, 2.24) is 0 Å². The monoisotopic (exact) mass is 263 g/mol. The van der Waals surface area contributed by atoms with Gasteiger partial charge in [0, 0.05) is 0 Å². The van der Waals surface area contributed by atoms with E-state index in [4.69, 9.17) is 14.4 Å². The van der Waals surface area contributed by atoms with Gasteiger partial charge in [0.1, 0.15) is 12.4 Å². The first-order valence-corrected chi connectivity index (χ1v) is 9.56. The second-order valence-corrected chi connectivity index (χ2v) is 9.75. The van der Waals surface area contributed by atoms with Crippen molar-refractivity contribution in [2.24, 2.45) is 0 Å². The van der Waals surface area contributed by atoms with Gasteiger partial charge in [-0.2, -0.15) is 5.26 Å². The summed E-state index contributed by atoms with van der Waals surface area (Å²) in [5.74, 6) is 0.861. The molecule has 18 heavy (non-hydrogen) atoms. The zero-order valence-electron chi connectivity index (χ0n) is 11.6. The average Bonchev–Trinajstić information content (AvgIpc) is 2.26. The third kappa shape index (κ3) is 5.35. The average molecular weight is 263 g/mol. The fourth-order valence-corrected chi connectivity index (χ4v) is 2.79. The highest BCUT2D eigenvalue weighted by atomic mass is 28.4. The Hall–Kier alpha value is -1.31. The molecule has 3 nitrogen and oxygen atoms in total. The van der Waals surface area contributed by atoms with Gasteiger partial charge in [0.25, 0.3) is 0 Å². The molecule has 0 radical (unpaired) electrons. The van der Waals surface area contributed by atoms with E-state index in [9.17, 15) is 0 Å². The van der Waals surface area contributed by atoms with Gasteiger partial charge >= 0.3 is 0 Å². The molecule has 1 unspecified atom stereocenters. The van der Waals surface area contributed by atoms with E-state index >= 15 is 0 Å². The summed E-state index contributed by atoms with van der Waals surface area (Å²) in [7, 11) is -1.64. The van der Waals surface area contributed by atoms with Gasteiger partial charge < -0.3 is 9.16 Å². The second-order valence-electron chi connectivity index (χ2n) is 5.29. The molecule has 0 aliphatic heterocycles. The van der Waals surface area contributed by atoms with Crippen LogP contribution >= 0.6 is 0 Å². The van der Waals surface area contributed by atoms with E-state index in [1.807, 2.05) is 31.2 Å². The summed E-state index contributed by atoms with van der Waals surface area (Å²) in [6.07, 6.45) is 0.233. The Morgan fingerprint density at radius 3 is 2.50 bits per heavy atom. The highest BCUT2D eigenvalue weighted by Gasteiger charge is 2.21. The molecule has 4 heteroatoms. The third-order valence-electron chi connectivity index (χ3n) is 2.36. The summed E-state index contributed by atoms with van der Waals surface area (Å²) in [6.45, 7) is 8.79. The Bertz CT molecular complexity index is 421. The zero-order chi connectivity index (χ0) is 13.6. The first kappa shape index (κ1) is 14.7. The lowest BCUT2D eigenvalue weighted by Gasteiger charge is -2.25. The molecule has 0 aromatic heterocycles. The van der Waals surface area contributed by atoms with Crippen LogP contribution in [0.5, 0.6) is 5.75 Å². The molecule has 0 amide bonds. The van der Waals surface area contributed by atoms with Crippen molar-refractivity contribution < 1.29 is 9.16 Å². The maximum absolute atomic E-state index is 8.82. The van der Waals surface area contributed by atoms with E-state index in [-0.39, 0.29) is 6.10 Å². The predicted octanol–water partition coefficient (Wildman–Crippen LogP) is 3.51. The number of nitrogens with zero attached hydrogens (tertiary/aromatic N) is 1. The number of hydrogen-bond donors (Lipinski definition) is 0. The first-order chi connectivity index (χ1) is 8.42. The van der Waals surface area contributed by atoms with Crippen molar-refractivity contribution in [3.05, 3.63) is 29.8 Å². The van der Waals surface area contributed by atoms with Crippen LogP contribution in [-0.4, -0.2) is 21.0 Å². The maximum atomic E-state index is 8.82. The first-order valence-electron chi connectivity index (χ1n) is 6.15. The summed E-state index contributed by atoms with van der Waals surface area (Å²) in [6, 6.07) is 10.0. The lowest BCUT2D eigenvalue weighted by Crippen LogP contribution is -2.35. The van der Waals surface area contributed by atoms with Crippen molar-refractivity contribution in [3.8, 4) is 11.8 Å². The van der Waals surface area contributed by atoms with E-state index in [2.05, 4.69) is 25.7 Å². The Kier molecular flexibility index (Phi) is 5.39. The van der Waals surface area contributed by atoms with Crippen molar-refractivity contribution >= 4 is 8.32 Å². The number of benzene rings is 1. The lowest BCUT2D eigenvalue weighted by atomic mass is 10.2. The van der Waals surface area contributed by atoms with Gasteiger partial charge in [0.2, 0.25) is 0 Å². The molecule has 1 aromatic carbocycles. The quantitative estimate of drug-likeness (QED) is 0.738. The van der Waals surface area contributed by atoms with Crippen LogP contribution in [0.25, 0.3) is 0 Å². The van der Waals surface area contributed by atoms with E-state index in [0.717, 1.165) is 11.3 Å². The van der Waals surface area contributed by atoms with E-state index in [0.29, 0.717) is 13.0 Å². The minimum atomic E-state index is -1.64. The molecule has 0 aliphatic carbocycles. The highest BCUT2D eigenvalue weighted by molar-refractivity contribution is 6.69. The number of nitriles is 1. The van der Waals surface area contributed by atoms with Crippen LogP contribution < -0.4 is 4.74 Å². The van der Waals surface area contributed by atoms with Crippen molar-refractivity contribution in [2.75, 3.05) is 6.61 Å². The summed E-state index contributed by atoms with van der Waals surface area (Å²) in [5.41, 5.74) is 1.10. The maximum Gasteiger partial charge on any atom is 0.184 e. The topological polar surface area (TPSA) is 42.2 Å². The molecular weight excluding hydrogens is 242 g/mol. The van der Waals surface area contributed by atoms with Gasteiger partial charge in [-0.1, -0.05) is 18.2 Å². The highest BCUT2D eigenvalue weighted by Crippen LogP contribution is 2.18. The predicted molar refractivity (Wildman–Crippen MR) is 75.1 cm³/mol. The lowest BCUT2D eigenvalue weighted by molar-refractivity contribution is 0.125. The van der Waals surface area contributed by atoms with Gasteiger partial charge in [-0.3, -0.25) is 0 Å². The molecule has 0 heterocycles. The minimum absolute atomic E-state index is 0.138. The number of para-hydroxylation sites is 1. The third-order valence-corrected chi connectivity index (χ3v) is 3.40. The van der Waals surface area contributed by atoms with Crippen LogP contribution in [0.2, 0.25) is 19.6 Å². The molecule has 0 saturated carbocycles. The van der Waals surface area contributed by atoms with Gasteiger partial charge in [-0.15, -0.1) is 0 Å². The molecule has 0 saturated heterocycles. The smallest absolute Gasteiger partial charge is 0.184 e. The zero-order valence-corrected chi connectivity index (χ0v) is 12.6. The molecular formula is C14H21NO2Si. The van der Waals surface area contributed by atoms with Crippen molar-refractivity contribution in [3.63, 3.8) is 0 Å². The summed E-state index contributed by atoms with van der Waals surface area (Å²) < 4.78 is 11.7. The molecule has 0 spiro atoms. The fraction of sp³-hybridized carbons (Fsp3) is 0.500. The van der Waals surface area contributed by atoms with Crippen LogP contribution in [0.3, 0.4) is 0 Å². The number of ether oxygens (including phenoxy) is 1. The van der Waals surface area contributed by atoms with Crippen molar-refractivity contribution in [2.45, 2.75) is 39.1 Å². The summed E-state index contributed by atoms with van der Waals surface area (Å²) >= 11 is 0. The molecule has 0 bridgehead atoms. The second kappa shape index (κ2) is 6.57. The summed E-state index contributed by atoms with van der Waals surface area (Å²) in [4.78, 5) is 0. The van der Waals surface area contributed by atoms with E-state index < -0.39 is 8.32 Å². The van der Waals surface area contributed by atoms with Crippen LogP contribution in [0.15, 0.2) is 24.3 Å². The molecule has 0 fully saturated rings. The fourth-order valence-electron chi connectivity index (χ4n) is 1.64. The largest absolute Gasteiger partial charge is 0.491 e. The molecule has 0 aliphatic rings. The molecule has 0 N–H and O–H groups in total. The van der Waals surface area contributed by atoms with Crippen LogP contribution in [-0.2, 0) is 4.43 Å². The molecule has 1 rings (SSSR count). The van der Waals surface area contributed by atoms with Crippen LogP contribution in [0, 0.1) is 18.3 Å². The molecule has 1 atom stereocenters. The van der Waals surface area contributed by atoms with Crippen LogP contribution in [0.1, 0.15) is 12.0 Å². The minimum Gasteiger partial charge on any atom is -0.491 e. The normalized spacial score (nSPS) is 12.8.